The van der Waals surface area contributed by atoms with Crippen molar-refractivity contribution >= 4 is 11.8 Å². The molecule has 0 atom stereocenters. The van der Waals surface area contributed by atoms with E-state index in [1.165, 1.54) is 0 Å². The molecule has 2 aromatic carbocycles. The second-order valence-corrected chi connectivity index (χ2v) is 7.02. The molecule has 3 aromatic rings. The van der Waals surface area contributed by atoms with Crippen LogP contribution in [0.1, 0.15) is 41.4 Å². The molecule has 0 aliphatic heterocycles. The number of amides is 2. The van der Waals surface area contributed by atoms with Gasteiger partial charge in [-0.2, -0.15) is 5.10 Å². The first-order chi connectivity index (χ1) is 13.9. The van der Waals surface area contributed by atoms with Gasteiger partial charge in [-0.05, 0) is 36.1 Å². The molecular weight excluding hydrogens is 368 g/mol. The summed E-state index contributed by atoms with van der Waals surface area (Å²) >= 11 is 0. The third-order valence-electron chi connectivity index (χ3n) is 4.36. The van der Waals surface area contributed by atoms with E-state index < -0.39 is 11.8 Å². The first-order valence-electron chi connectivity index (χ1n) is 9.37. The number of nitrogens with one attached hydrogen (secondary N) is 3. The fourth-order valence-corrected chi connectivity index (χ4v) is 2.81. The van der Waals surface area contributed by atoms with Crippen molar-refractivity contribution in [2.24, 2.45) is 0 Å². The zero-order valence-electron chi connectivity index (χ0n) is 16.7. The van der Waals surface area contributed by atoms with Gasteiger partial charge in [-0.3, -0.25) is 25.5 Å². The Balaban J connectivity index is 1.53. The number of carbonyl (C=O) groups excluding carboxylic acids is 2. The highest BCUT2D eigenvalue weighted by molar-refractivity contribution is 5.94. The molecular formula is C22H24N4O3. The second kappa shape index (κ2) is 9.05. The van der Waals surface area contributed by atoms with E-state index in [0.29, 0.717) is 11.4 Å². The number of hydrogen-bond acceptors (Lipinski definition) is 4. The minimum atomic E-state index is -0.494. The van der Waals surface area contributed by atoms with E-state index in [1.807, 2.05) is 55.5 Å². The summed E-state index contributed by atoms with van der Waals surface area (Å²) in [6.07, 6.45) is 0. The quantitative estimate of drug-likeness (QED) is 0.561. The van der Waals surface area contributed by atoms with Gasteiger partial charge in [0.1, 0.15) is 11.4 Å². The summed E-state index contributed by atoms with van der Waals surface area (Å²) in [4.78, 5) is 24.3. The fraction of sp³-hybridized carbons (Fsp3) is 0.227. The van der Waals surface area contributed by atoms with E-state index in [2.05, 4.69) is 34.9 Å². The zero-order chi connectivity index (χ0) is 20.8. The van der Waals surface area contributed by atoms with Crippen LogP contribution in [0, 0.1) is 6.92 Å². The highest BCUT2D eigenvalue weighted by atomic mass is 16.5. The van der Waals surface area contributed by atoms with E-state index in [0.717, 1.165) is 16.7 Å². The Labute approximate surface area is 169 Å². The number of ether oxygens (including phenoxy) is 1. The molecule has 7 nitrogen and oxygen atoms in total. The lowest BCUT2D eigenvalue weighted by atomic mass is 10.0. The molecule has 0 fully saturated rings. The summed E-state index contributed by atoms with van der Waals surface area (Å²) in [5.74, 6) is -0.0149. The second-order valence-electron chi connectivity index (χ2n) is 7.02. The molecule has 29 heavy (non-hydrogen) atoms. The third kappa shape index (κ3) is 5.22. The van der Waals surface area contributed by atoms with Gasteiger partial charge < -0.3 is 4.74 Å². The van der Waals surface area contributed by atoms with Crippen molar-refractivity contribution in [3.8, 4) is 17.0 Å². The minimum absolute atomic E-state index is 0.207. The van der Waals surface area contributed by atoms with Crippen molar-refractivity contribution < 1.29 is 14.3 Å². The van der Waals surface area contributed by atoms with E-state index in [-0.39, 0.29) is 18.2 Å². The number of hydrogen-bond donors (Lipinski definition) is 3. The number of hydrazine groups is 1. The average Bonchev–Trinajstić information content (AvgIpc) is 3.21. The van der Waals surface area contributed by atoms with Crippen LogP contribution < -0.4 is 15.6 Å². The molecule has 7 heteroatoms. The Morgan fingerprint density at radius 3 is 2.55 bits per heavy atom. The lowest BCUT2D eigenvalue weighted by Crippen LogP contribution is -2.44. The van der Waals surface area contributed by atoms with Crippen LogP contribution in [0.4, 0.5) is 0 Å². The van der Waals surface area contributed by atoms with Crippen LogP contribution in [0.25, 0.3) is 11.3 Å². The molecule has 0 spiro atoms. The Morgan fingerprint density at radius 1 is 1.07 bits per heavy atom. The van der Waals surface area contributed by atoms with Crippen LogP contribution in [0.3, 0.4) is 0 Å². The van der Waals surface area contributed by atoms with Crippen molar-refractivity contribution in [1.82, 2.24) is 21.0 Å². The molecule has 0 aliphatic carbocycles. The Bertz CT molecular complexity index is 996. The molecule has 2 amide bonds. The number of aromatic amines is 1. The molecule has 3 N–H and O–H groups in total. The summed E-state index contributed by atoms with van der Waals surface area (Å²) in [5.41, 5.74) is 8.56. The van der Waals surface area contributed by atoms with Gasteiger partial charge in [0.05, 0.1) is 5.69 Å². The summed E-state index contributed by atoms with van der Waals surface area (Å²) < 4.78 is 5.66. The number of rotatable bonds is 6. The molecule has 150 valence electrons. The topological polar surface area (TPSA) is 96.1 Å². The maximum Gasteiger partial charge on any atom is 0.287 e. The van der Waals surface area contributed by atoms with Crippen LogP contribution in [0.5, 0.6) is 5.75 Å². The van der Waals surface area contributed by atoms with Gasteiger partial charge in [0.15, 0.2) is 6.61 Å². The van der Waals surface area contributed by atoms with Crippen LogP contribution in [-0.4, -0.2) is 28.6 Å². The maximum absolute atomic E-state index is 12.2. The van der Waals surface area contributed by atoms with Gasteiger partial charge in [-0.1, -0.05) is 56.3 Å². The van der Waals surface area contributed by atoms with Crippen molar-refractivity contribution in [1.29, 1.82) is 0 Å². The summed E-state index contributed by atoms with van der Waals surface area (Å²) in [6.45, 7) is 5.88. The van der Waals surface area contributed by atoms with Gasteiger partial charge >= 0.3 is 0 Å². The SMILES string of the molecule is Cc1ccc(C(C)C)c(OCC(=O)NNC(=O)c2cc(-c3ccccc3)n[nH]2)c1. The van der Waals surface area contributed by atoms with Crippen molar-refractivity contribution in [2.75, 3.05) is 6.61 Å². The van der Waals surface area contributed by atoms with Gasteiger partial charge in [-0.15, -0.1) is 0 Å². The van der Waals surface area contributed by atoms with Crippen molar-refractivity contribution in [3.05, 3.63) is 71.4 Å². The van der Waals surface area contributed by atoms with E-state index in [4.69, 9.17) is 4.74 Å². The molecule has 1 aromatic heterocycles. The zero-order valence-corrected chi connectivity index (χ0v) is 16.7. The monoisotopic (exact) mass is 392 g/mol. The fourth-order valence-electron chi connectivity index (χ4n) is 2.81. The lowest BCUT2D eigenvalue weighted by molar-refractivity contribution is -0.123. The summed E-state index contributed by atoms with van der Waals surface area (Å²) in [5, 5.41) is 6.79. The van der Waals surface area contributed by atoms with Crippen LogP contribution in [-0.2, 0) is 4.79 Å². The van der Waals surface area contributed by atoms with Crippen molar-refractivity contribution in [3.63, 3.8) is 0 Å². The van der Waals surface area contributed by atoms with Gasteiger partial charge in [0.2, 0.25) is 0 Å². The van der Waals surface area contributed by atoms with Gasteiger partial charge in [0, 0.05) is 5.56 Å². The Hall–Kier alpha value is -3.61. The maximum atomic E-state index is 12.2. The highest BCUT2D eigenvalue weighted by Crippen LogP contribution is 2.27. The third-order valence-corrected chi connectivity index (χ3v) is 4.36. The number of benzene rings is 2. The van der Waals surface area contributed by atoms with Crippen LogP contribution in [0.15, 0.2) is 54.6 Å². The van der Waals surface area contributed by atoms with Gasteiger partial charge in [0.25, 0.3) is 11.8 Å². The molecule has 0 saturated heterocycles. The highest BCUT2D eigenvalue weighted by Gasteiger charge is 2.13. The molecule has 0 bridgehead atoms. The first-order valence-corrected chi connectivity index (χ1v) is 9.37. The summed E-state index contributed by atoms with van der Waals surface area (Å²) in [6, 6.07) is 17.0. The number of aromatic nitrogens is 2. The van der Waals surface area contributed by atoms with E-state index in [9.17, 15) is 9.59 Å². The van der Waals surface area contributed by atoms with Crippen LogP contribution in [0.2, 0.25) is 0 Å². The number of carbonyl (C=O) groups is 2. The van der Waals surface area contributed by atoms with E-state index in [1.54, 1.807) is 6.07 Å². The minimum Gasteiger partial charge on any atom is -0.483 e. The summed E-state index contributed by atoms with van der Waals surface area (Å²) in [7, 11) is 0. The molecule has 0 radical (unpaired) electrons. The number of aryl methyl sites for hydroxylation is 1. The molecule has 0 aliphatic rings. The standard InChI is InChI=1S/C22H24N4O3/c1-14(2)17-10-9-15(3)11-20(17)29-13-21(27)25-26-22(28)19-12-18(23-24-19)16-7-5-4-6-8-16/h4-12,14H,13H2,1-3H3,(H,23,24)(H,25,27)(H,26,28). The Morgan fingerprint density at radius 2 is 1.83 bits per heavy atom. The lowest BCUT2D eigenvalue weighted by Gasteiger charge is -2.14. The average molecular weight is 392 g/mol. The molecule has 1 heterocycles. The predicted octanol–water partition coefficient (Wildman–Crippen LogP) is 3.35. The molecule has 3 rings (SSSR count). The number of H-pyrrole nitrogens is 1. The Kier molecular flexibility index (Phi) is 6.29. The van der Waals surface area contributed by atoms with Crippen molar-refractivity contribution in [2.45, 2.75) is 26.7 Å². The number of nitrogens with zero attached hydrogens (tertiary/aromatic N) is 1. The van der Waals surface area contributed by atoms with Crippen LogP contribution >= 0.6 is 0 Å². The first kappa shape index (κ1) is 20.1. The smallest absolute Gasteiger partial charge is 0.287 e. The van der Waals surface area contributed by atoms with E-state index >= 15 is 0 Å². The predicted molar refractivity (Wildman–Crippen MR) is 110 cm³/mol. The normalized spacial score (nSPS) is 10.6. The largest absolute Gasteiger partial charge is 0.483 e. The molecule has 0 unspecified atom stereocenters. The molecule has 0 saturated carbocycles. The van der Waals surface area contributed by atoms with Gasteiger partial charge in [-0.25, -0.2) is 0 Å².